The molecule has 0 saturated heterocycles. The van der Waals surface area contributed by atoms with E-state index in [-0.39, 0.29) is 18.2 Å². The van der Waals surface area contributed by atoms with Gasteiger partial charge in [-0.15, -0.1) is 0 Å². The number of amides is 2. The number of alkyl halides is 3. The van der Waals surface area contributed by atoms with Crippen LogP contribution in [0.2, 0.25) is 0 Å². The second kappa shape index (κ2) is 8.75. The molecule has 2 amide bonds. The van der Waals surface area contributed by atoms with Crippen molar-refractivity contribution in [2.45, 2.75) is 39.0 Å². The number of nitrogens with one attached hydrogen (secondary N) is 2. The van der Waals surface area contributed by atoms with Crippen molar-refractivity contribution in [3.05, 3.63) is 59.5 Å². The molecule has 0 saturated carbocycles. The highest BCUT2D eigenvalue weighted by atomic mass is 19.4. The summed E-state index contributed by atoms with van der Waals surface area (Å²) < 4.78 is 42.8. The molecule has 2 atom stereocenters. The van der Waals surface area contributed by atoms with Crippen LogP contribution >= 0.6 is 0 Å². The van der Waals surface area contributed by atoms with Gasteiger partial charge in [-0.3, -0.25) is 9.59 Å². The second-order valence-electron chi connectivity index (χ2n) is 6.23. The second-order valence-corrected chi connectivity index (χ2v) is 6.23. The number of hydrogen-bond acceptors (Lipinski definition) is 3. The molecule has 146 valence electrons. The smallest absolute Gasteiger partial charge is 0.416 e. The number of rotatable bonds is 7. The molecule has 1 aromatic heterocycles. The van der Waals surface area contributed by atoms with Gasteiger partial charge in [0.25, 0.3) is 5.91 Å². The third kappa shape index (κ3) is 5.60. The Balaban J connectivity index is 2.00. The van der Waals surface area contributed by atoms with Crippen LogP contribution in [-0.2, 0) is 17.5 Å². The third-order valence-electron chi connectivity index (χ3n) is 4.28. The number of hydrogen-bond donors (Lipinski definition) is 2. The molecule has 0 bridgehead atoms. The molecule has 2 N–H and O–H groups in total. The average Bonchev–Trinajstić information content (AvgIpc) is 3.18. The van der Waals surface area contributed by atoms with Gasteiger partial charge in [-0.1, -0.05) is 32.4 Å². The predicted molar refractivity (Wildman–Crippen MR) is 92.7 cm³/mol. The molecule has 0 unspecified atom stereocenters. The number of carbonyl (C=O) groups is 2. The molecule has 1 aromatic carbocycles. The summed E-state index contributed by atoms with van der Waals surface area (Å²) in [5.41, 5.74) is -0.225. The van der Waals surface area contributed by atoms with Crippen molar-refractivity contribution in [2.75, 3.05) is 0 Å². The van der Waals surface area contributed by atoms with Crippen LogP contribution in [-0.4, -0.2) is 17.9 Å². The van der Waals surface area contributed by atoms with Crippen molar-refractivity contribution in [1.29, 1.82) is 0 Å². The molecule has 8 heteroatoms. The topological polar surface area (TPSA) is 71.3 Å². The van der Waals surface area contributed by atoms with Gasteiger partial charge in [0.2, 0.25) is 5.91 Å². The summed E-state index contributed by atoms with van der Waals surface area (Å²) in [5.74, 6) is -0.963. The number of halogens is 3. The van der Waals surface area contributed by atoms with Crippen LogP contribution in [0.5, 0.6) is 0 Å². The van der Waals surface area contributed by atoms with Crippen molar-refractivity contribution in [3.8, 4) is 0 Å². The summed E-state index contributed by atoms with van der Waals surface area (Å²) in [6.07, 6.45) is -2.39. The molecule has 0 fully saturated rings. The fourth-order valence-electron chi connectivity index (χ4n) is 2.43. The maximum absolute atomic E-state index is 12.6. The van der Waals surface area contributed by atoms with Gasteiger partial charge >= 0.3 is 6.18 Å². The van der Waals surface area contributed by atoms with Gasteiger partial charge < -0.3 is 15.1 Å². The van der Waals surface area contributed by atoms with E-state index >= 15 is 0 Å². The number of furan rings is 1. The molecule has 0 aliphatic carbocycles. The van der Waals surface area contributed by atoms with E-state index < -0.39 is 29.6 Å². The lowest BCUT2D eigenvalue weighted by Gasteiger charge is -2.23. The van der Waals surface area contributed by atoms with Crippen LogP contribution in [0.25, 0.3) is 0 Å². The summed E-state index contributed by atoms with van der Waals surface area (Å²) >= 11 is 0. The Morgan fingerprint density at radius 3 is 2.33 bits per heavy atom. The van der Waals surface area contributed by atoms with Crippen molar-refractivity contribution < 1.29 is 27.2 Å². The first-order valence-electron chi connectivity index (χ1n) is 8.50. The van der Waals surface area contributed by atoms with E-state index in [9.17, 15) is 22.8 Å². The third-order valence-corrected chi connectivity index (χ3v) is 4.28. The molecule has 0 spiro atoms. The Kier molecular flexibility index (Phi) is 6.65. The van der Waals surface area contributed by atoms with E-state index in [4.69, 9.17) is 4.42 Å². The molecule has 1 heterocycles. The molecule has 2 rings (SSSR count). The van der Waals surface area contributed by atoms with E-state index in [0.717, 1.165) is 12.1 Å². The molecule has 0 aliphatic rings. The maximum atomic E-state index is 12.6. The van der Waals surface area contributed by atoms with Crippen LogP contribution in [0.1, 0.15) is 41.9 Å². The normalized spacial score (nSPS) is 13.7. The maximum Gasteiger partial charge on any atom is 0.416 e. The minimum atomic E-state index is -4.40. The monoisotopic (exact) mass is 382 g/mol. The van der Waals surface area contributed by atoms with Crippen molar-refractivity contribution >= 4 is 11.8 Å². The van der Waals surface area contributed by atoms with Gasteiger partial charge in [0.05, 0.1) is 11.8 Å². The minimum absolute atomic E-state index is 0.0561. The number of carbonyl (C=O) groups excluding carboxylic acids is 2. The highest BCUT2D eigenvalue weighted by molar-refractivity contribution is 5.95. The Bertz CT molecular complexity index is 756. The Hall–Kier alpha value is -2.77. The Morgan fingerprint density at radius 2 is 1.81 bits per heavy atom. The van der Waals surface area contributed by atoms with E-state index in [0.29, 0.717) is 12.0 Å². The molecular weight excluding hydrogens is 361 g/mol. The van der Waals surface area contributed by atoms with Crippen molar-refractivity contribution in [3.63, 3.8) is 0 Å². The van der Waals surface area contributed by atoms with Gasteiger partial charge in [-0.25, -0.2) is 0 Å². The fraction of sp³-hybridized carbons (Fsp3) is 0.368. The summed E-state index contributed by atoms with van der Waals surface area (Å²) in [5, 5.41) is 5.30. The lowest BCUT2D eigenvalue weighted by molar-refractivity contribution is -0.137. The molecule has 0 aliphatic heterocycles. The first kappa shape index (κ1) is 20.5. The van der Waals surface area contributed by atoms with Gasteiger partial charge in [-0.05, 0) is 35.7 Å². The van der Waals surface area contributed by atoms with E-state index in [1.807, 2.05) is 13.8 Å². The zero-order valence-corrected chi connectivity index (χ0v) is 15.0. The molecular formula is C19H21F3N2O3. The van der Waals surface area contributed by atoms with Crippen LogP contribution in [0.4, 0.5) is 13.2 Å². The van der Waals surface area contributed by atoms with Gasteiger partial charge in [-0.2, -0.15) is 13.2 Å². The van der Waals surface area contributed by atoms with Gasteiger partial charge in [0.1, 0.15) is 6.04 Å². The predicted octanol–water partition coefficient (Wildman–Crippen LogP) is 3.76. The first-order chi connectivity index (χ1) is 12.7. The van der Waals surface area contributed by atoms with Crippen LogP contribution < -0.4 is 10.6 Å². The van der Waals surface area contributed by atoms with E-state index in [1.54, 1.807) is 6.07 Å². The average molecular weight is 382 g/mol. The number of benzene rings is 1. The largest absolute Gasteiger partial charge is 0.459 e. The minimum Gasteiger partial charge on any atom is -0.459 e. The Labute approximate surface area is 154 Å². The highest BCUT2D eigenvalue weighted by Crippen LogP contribution is 2.29. The SMILES string of the molecule is CC[C@H](C)[C@H](NC(=O)c1ccco1)C(=O)NCc1ccc(C(F)(F)F)cc1. The zero-order valence-electron chi connectivity index (χ0n) is 15.0. The summed E-state index contributed by atoms with van der Waals surface area (Å²) in [7, 11) is 0. The summed E-state index contributed by atoms with van der Waals surface area (Å²) in [4.78, 5) is 24.7. The first-order valence-corrected chi connectivity index (χ1v) is 8.50. The van der Waals surface area contributed by atoms with Crippen molar-refractivity contribution in [2.24, 2.45) is 5.92 Å². The highest BCUT2D eigenvalue weighted by Gasteiger charge is 2.30. The summed E-state index contributed by atoms with van der Waals surface area (Å²) in [6, 6.07) is 6.81. The van der Waals surface area contributed by atoms with Crippen molar-refractivity contribution in [1.82, 2.24) is 10.6 Å². The Morgan fingerprint density at radius 1 is 1.15 bits per heavy atom. The lowest BCUT2D eigenvalue weighted by Crippen LogP contribution is -2.50. The quantitative estimate of drug-likeness (QED) is 0.766. The van der Waals surface area contributed by atoms with Crippen LogP contribution in [0.3, 0.4) is 0 Å². The molecule has 2 aromatic rings. The molecule has 0 radical (unpaired) electrons. The van der Waals surface area contributed by atoms with E-state index in [1.165, 1.54) is 24.5 Å². The van der Waals surface area contributed by atoms with E-state index in [2.05, 4.69) is 10.6 Å². The lowest BCUT2D eigenvalue weighted by atomic mass is 9.98. The van der Waals surface area contributed by atoms with Crippen LogP contribution in [0.15, 0.2) is 47.1 Å². The molecule has 27 heavy (non-hydrogen) atoms. The standard InChI is InChI=1S/C19H21F3N2O3/c1-3-12(2)16(24-17(25)15-5-4-10-27-15)18(26)23-11-13-6-8-14(9-7-13)19(20,21)22/h4-10,12,16H,3,11H2,1-2H3,(H,23,26)(H,24,25)/t12-,16-/m0/s1. The summed E-state index contributed by atoms with van der Waals surface area (Å²) in [6.45, 7) is 3.77. The van der Waals surface area contributed by atoms with Gasteiger partial charge in [0, 0.05) is 6.54 Å². The molecule has 5 nitrogen and oxygen atoms in total. The van der Waals surface area contributed by atoms with Crippen LogP contribution in [0, 0.1) is 5.92 Å². The van der Waals surface area contributed by atoms with Gasteiger partial charge in [0.15, 0.2) is 5.76 Å². The fourth-order valence-corrected chi connectivity index (χ4v) is 2.43. The zero-order chi connectivity index (χ0) is 20.0.